The van der Waals surface area contributed by atoms with Gasteiger partial charge in [-0.2, -0.15) is 0 Å². The molecule has 0 unspecified atom stereocenters. The van der Waals surface area contributed by atoms with Crippen molar-refractivity contribution in [2.75, 3.05) is 27.3 Å². The fraction of sp³-hybridized carbons (Fsp3) is 0.500. The number of esters is 1. The third-order valence-corrected chi connectivity index (χ3v) is 7.99. The number of pyridine rings is 1. The largest absolute Gasteiger partial charge is 0.496 e. The van der Waals surface area contributed by atoms with Crippen molar-refractivity contribution in [3.63, 3.8) is 0 Å². The lowest BCUT2D eigenvalue weighted by Gasteiger charge is -2.40. The summed E-state index contributed by atoms with van der Waals surface area (Å²) in [6, 6.07) is 9.36. The summed E-state index contributed by atoms with van der Waals surface area (Å²) in [5.41, 5.74) is 3.70. The van der Waals surface area contributed by atoms with Crippen molar-refractivity contribution in [2.45, 2.75) is 56.9 Å². The SMILES string of the molecule is COC(=O)CC1CCC(N2CCC(c3cc4c(-c5cc(F)ccc5OC)ccnc4[nH]3)CC2)CC1. The molecule has 1 aromatic carbocycles. The van der Waals surface area contributed by atoms with Crippen molar-refractivity contribution >= 4 is 17.0 Å². The lowest BCUT2D eigenvalue weighted by molar-refractivity contribution is -0.142. The molecule has 0 spiro atoms. The fourth-order valence-electron chi connectivity index (χ4n) is 6.00. The Labute approximate surface area is 205 Å². The highest BCUT2D eigenvalue weighted by Crippen LogP contribution is 2.38. The Balaban J connectivity index is 1.26. The molecule has 0 radical (unpaired) electrons. The number of nitrogens with zero attached hydrogens (tertiary/aromatic N) is 2. The smallest absolute Gasteiger partial charge is 0.305 e. The van der Waals surface area contributed by atoms with Gasteiger partial charge in [-0.05, 0) is 93.4 Å². The second-order valence-corrected chi connectivity index (χ2v) is 9.96. The van der Waals surface area contributed by atoms with Gasteiger partial charge in [0.25, 0.3) is 0 Å². The quantitative estimate of drug-likeness (QED) is 0.461. The first-order valence-corrected chi connectivity index (χ1v) is 12.7. The van der Waals surface area contributed by atoms with Gasteiger partial charge in [0.15, 0.2) is 0 Å². The molecular formula is C28H34FN3O3. The van der Waals surface area contributed by atoms with Crippen molar-refractivity contribution < 1.29 is 18.7 Å². The Morgan fingerprint density at radius 1 is 1.06 bits per heavy atom. The summed E-state index contributed by atoms with van der Waals surface area (Å²) in [4.78, 5) is 22.3. The highest BCUT2D eigenvalue weighted by molar-refractivity contribution is 5.95. The zero-order valence-electron chi connectivity index (χ0n) is 20.6. The fourth-order valence-corrected chi connectivity index (χ4v) is 6.00. The maximum atomic E-state index is 14.0. The second kappa shape index (κ2) is 10.4. The Kier molecular flexibility index (Phi) is 7.04. The summed E-state index contributed by atoms with van der Waals surface area (Å²) in [7, 11) is 3.08. The van der Waals surface area contributed by atoms with E-state index in [2.05, 4.69) is 20.9 Å². The highest BCUT2D eigenvalue weighted by atomic mass is 19.1. The van der Waals surface area contributed by atoms with Crippen LogP contribution in [-0.4, -0.2) is 54.2 Å². The van der Waals surface area contributed by atoms with Crippen molar-refractivity contribution in [3.8, 4) is 16.9 Å². The number of hydrogen-bond donors (Lipinski definition) is 1. The highest BCUT2D eigenvalue weighted by Gasteiger charge is 2.31. The maximum absolute atomic E-state index is 14.0. The topological polar surface area (TPSA) is 67.4 Å². The average molecular weight is 480 g/mol. The number of aromatic amines is 1. The standard InChI is InChI=1S/C28H34FN3O3/c1-34-26-8-5-20(29)16-23(26)22-9-12-30-28-24(22)17-25(31-28)19-10-13-32(14-11-19)21-6-3-18(4-7-21)15-27(33)35-2/h5,8-9,12,16-19,21H,3-4,6-7,10-11,13-15H2,1-2H3,(H,30,31). The molecule has 35 heavy (non-hydrogen) atoms. The lowest BCUT2D eigenvalue weighted by atomic mass is 9.82. The summed E-state index contributed by atoms with van der Waals surface area (Å²) >= 11 is 0. The van der Waals surface area contributed by atoms with Crippen LogP contribution in [0.1, 0.15) is 56.6 Å². The number of aromatic nitrogens is 2. The number of ether oxygens (including phenoxy) is 2. The van der Waals surface area contributed by atoms with Gasteiger partial charge in [0.1, 0.15) is 17.2 Å². The van der Waals surface area contributed by atoms with E-state index in [1.165, 1.54) is 37.8 Å². The van der Waals surface area contributed by atoms with Crippen LogP contribution in [0.4, 0.5) is 4.39 Å². The molecule has 5 rings (SSSR count). The van der Waals surface area contributed by atoms with Gasteiger partial charge >= 0.3 is 5.97 Å². The molecule has 1 saturated carbocycles. The number of carbonyl (C=O) groups is 1. The first-order valence-electron chi connectivity index (χ1n) is 12.7. The Morgan fingerprint density at radius 3 is 2.54 bits per heavy atom. The molecule has 2 aromatic heterocycles. The third kappa shape index (κ3) is 5.06. The minimum Gasteiger partial charge on any atom is -0.496 e. The molecule has 1 aliphatic heterocycles. The molecule has 0 amide bonds. The van der Waals surface area contributed by atoms with Crippen LogP contribution in [-0.2, 0) is 9.53 Å². The van der Waals surface area contributed by atoms with Crippen LogP contribution >= 0.6 is 0 Å². The van der Waals surface area contributed by atoms with Crippen LogP contribution in [0.25, 0.3) is 22.2 Å². The van der Waals surface area contributed by atoms with Gasteiger partial charge in [-0.15, -0.1) is 0 Å². The lowest BCUT2D eigenvalue weighted by Crippen LogP contribution is -2.43. The van der Waals surface area contributed by atoms with E-state index in [0.717, 1.165) is 60.9 Å². The molecule has 3 aromatic rings. The van der Waals surface area contributed by atoms with Crippen molar-refractivity contribution in [1.82, 2.24) is 14.9 Å². The molecular weight excluding hydrogens is 445 g/mol. The number of rotatable bonds is 6. The van der Waals surface area contributed by atoms with Gasteiger partial charge in [0.05, 0.1) is 14.2 Å². The Bertz CT molecular complexity index is 1180. The molecule has 1 N–H and O–H groups in total. The third-order valence-electron chi connectivity index (χ3n) is 7.99. The number of likely N-dealkylation sites (tertiary alicyclic amines) is 1. The monoisotopic (exact) mass is 479 g/mol. The predicted molar refractivity (Wildman–Crippen MR) is 134 cm³/mol. The number of fused-ring (bicyclic) bond motifs is 1. The summed E-state index contributed by atoms with van der Waals surface area (Å²) in [6.45, 7) is 2.18. The van der Waals surface area contributed by atoms with Crippen LogP contribution in [0.15, 0.2) is 36.5 Å². The number of methoxy groups -OCH3 is 2. The van der Waals surface area contributed by atoms with E-state index in [4.69, 9.17) is 9.47 Å². The van der Waals surface area contributed by atoms with E-state index in [0.29, 0.717) is 30.0 Å². The average Bonchev–Trinajstić information content (AvgIpc) is 3.34. The number of carbonyl (C=O) groups excluding carboxylic acids is 1. The van der Waals surface area contributed by atoms with E-state index < -0.39 is 0 Å². The molecule has 3 heterocycles. The van der Waals surface area contributed by atoms with E-state index in [9.17, 15) is 9.18 Å². The van der Waals surface area contributed by atoms with Crippen LogP contribution in [0.5, 0.6) is 5.75 Å². The first-order chi connectivity index (χ1) is 17.1. The van der Waals surface area contributed by atoms with Crippen molar-refractivity contribution in [2.24, 2.45) is 5.92 Å². The number of H-pyrrole nitrogens is 1. The second-order valence-electron chi connectivity index (χ2n) is 9.96. The number of benzene rings is 1. The Morgan fingerprint density at radius 2 is 1.83 bits per heavy atom. The summed E-state index contributed by atoms with van der Waals surface area (Å²) < 4.78 is 24.4. The van der Waals surface area contributed by atoms with Gasteiger partial charge in [0.2, 0.25) is 0 Å². The van der Waals surface area contributed by atoms with Gasteiger partial charge in [-0.1, -0.05) is 0 Å². The van der Waals surface area contributed by atoms with Crippen LogP contribution in [0.3, 0.4) is 0 Å². The predicted octanol–water partition coefficient (Wildman–Crippen LogP) is 5.68. The molecule has 0 bridgehead atoms. The zero-order chi connectivity index (χ0) is 24.4. The molecule has 186 valence electrons. The number of nitrogens with one attached hydrogen (secondary N) is 1. The maximum Gasteiger partial charge on any atom is 0.305 e. The molecule has 2 aliphatic rings. The Hall–Kier alpha value is -2.93. The van der Waals surface area contributed by atoms with Gasteiger partial charge in [-0.3, -0.25) is 4.79 Å². The van der Waals surface area contributed by atoms with Crippen LogP contribution < -0.4 is 4.74 Å². The molecule has 0 atom stereocenters. The van der Waals surface area contributed by atoms with E-state index >= 15 is 0 Å². The van der Waals surface area contributed by atoms with Gasteiger partial charge in [0, 0.05) is 41.2 Å². The number of piperidine rings is 1. The van der Waals surface area contributed by atoms with Crippen molar-refractivity contribution in [3.05, 3.63) is 48.0 Å². The van der Waals surface area contributed by atoms with Crippen molar-refractivity contribution in [1.29, 1.82) is 0 Å². The number of hydrogen-bond acceptors (Lipinski definition) is 5. The molecule has 2 fully saturated rings. The van der Waals surface area contributed by atoms with Crippen LogP contribution in [0.2, 0.25) is 0 Å². The summed E-state index contributed by atoms with van der Waals surface area (Å²) in [5, 5.41) is 0.998. The zero-order valence-corrected chi connectivity index (χ0v) is 20.6. The normalized spacial score (nSPS) is 21.8. The van der Waals surface area contributed by atoms with E-state index in [-0.39, 0.29) is 11.8 Å². The minimum atomic E-state index is -0.284. The molecule has 7 heteroatoms. The number of halogens is 1. The minimum absolute atomic E-state index is 0.0823. The molecule has 6 nitrogen and oxygen atoms in total. The van der Waals surface area contributed by atoms with Crippen LogP contribution in [0, 0.1) is 11.7 Å². The first kappa shape index (κ1) is 23.8. The molecule has 1 saturated heterocycles. The van der Waals surface area contributed by atoms with Gasteiger partial charge in [-0.25, -0.2) is 9.37 Å². The summed E-state index contributed by atoms with van der Waals surface area (Å²) in [5.74, 6) is 1.21. The van der Waals surface area contributed by atoms with E-state index in [1.807, 2.05) is 6.07 Å². The van der Waals surface area contributed by atoms with Gasteiger partial charge < -0.3 is 19.4 Å². The summed E-state index contributed by atoms with van der Waals surface area (Å²) in [6.07, 6.45) is 9.09. The molecule has 1 aliphatic carbocycles. The van der Waals surface area contributed by atoms with E-state index in [1.54, 1.807) is 19.4 Å².